The molecule has 0 bridgehead atoms. The highest BCUT2D eigenvalue weighted by atomic mass is 32.2. The Morgan fingerprint density at radius 2 is 2.16 bits per heavy atom. The molecule has 0 amide bonds. The largest absolute Gasteiger partial charge is 0.364 e. The maximum atomic E-state index is 11.9. The van der Waals surface area contributed by atoms with E-state index in [0.717, 1.165) is 18.6 Å². The van der Waals surface area contributed by atoms with E-state index in [9.17, 15) is 4.21 Å². The van der Waals surface area contributed by atoms with Crippen molar-refractivity contribution in [2.75, 3.05) is 11.7 Å². The summed E-state index contributed by atoms with van der Waals surface area (Å²) in [5, 5.41) is 0.0726. The Bertz CT molecular complexity index is 419. The van der Waals surface area contributed by atoms with Crippen molar-refractivity contribution >= 4 is 23.4 Å². The van der Waals surface area contributed by atoms with Gasteiger partial charge in [-0.3, -0.25) is 4.21 Å². The molecule has 1 aliphatic heterocycles. The van der Waals surface area contributed by atoms with Crippen molar-refractivity contribution in [3.63, 3.8) is 0 Å². The van der Waals surface area contributed by atoms with E-state index < -0.39 is 10.8 Å². The quantitative estimate of drug-likeness (QED) is 0.858. The van der Waals surface area contributed by atoms with E-state index >= 15 is 0 Å². The highest BCUT2D eigenvalue weighted by molar-refractivity contribution is 7.85. The molecule has 0 radical (unpaired) electrons. The van der Waals surface area contributed by atoms with E-state index in [2.05, 4.69) is 30.8 Å². The first-order valence-electron chi connectivity index (χ1n) is 6.90. The van der Waals surface area contributed by atoms with Gasteiger partial charge < -0.3 is 4.74 Å². The Labute approximate surface area is 124 Å². The van der Waals surface area contributed by atoms with Gasteiger partial charge in [-0.2, -0.15) is 12.6 Å². The predicted octanol–water partition coefficient (Wildman–Crippen LogP) is 3.87. The zero-order valence-electron chi connectivity index (χ0n) is 12.0. The number of ether oxygens (including phenoxy) is 1. The zero-order chi connectivity index (χ0) is 14.3. The number of aryl methyl sites for hydroxylation is 1. The molecule has 0 aliphatic carbocycles. The van der Waals surface area contributed by atoms with Crippen LogP contribution in [0.2, 0.25) is 0 Å². The fourth-order valence-corrected chi connectivity index (χ4v) is 3.18. The standard InChI is InChI=1S/C13H18O2S2.C2H6/c1-10-13-7-11(3-2-6-16)4-5-12(13)8-15-9-17(10)14;1-2/h4-5,7,10,16H,2-3,6,8-9H2,1H3;1-2H3. The fraction of sp³-hybridized carbons (Fsp3) is 0.600. The van der Waals surface area contributed by atoms with Gasteiger partial charge in [0.05, 0.1) is 22.7 Å². The number of hydrogen-bond donors (Lipinski definition) is 1. The molecular formula is C15H24O2S2. The third-order valence-electron chi connectivity index (χ3n) is 3.12. The Hall–Kier alpha value is -0.320. The van der Waals surface area contributed by atoms with Crippen LogP contribution in [0.4, 0.5) is 0 Å². The lowest BCUT2D eigenvalue weighted by atomic mass is 10.00. The Morgan fingerprint density at radius 3 is 2.84 bits per heavy atom. The third kappa shape index (κ3) is 4.62. The van der Waals surface area contributed by atoms with Crippen LogP contribution in [0.1, 0.15) is 49.1 Å². The summed E-state index contributed by atoms with van der Waals surface area (Å²) in [5.41, 5.74) is 3.68. The lowest BCUT2D eigenvalue weighted by molar-refractivity contribution is 0.168. The second kappa shape index (κ2) is 8.77. The van der Waals surface area contributed by atoms with E-state index in [4.69, 9.17) is 4.74 Å². The zero-order valence-corrected chi connectivity index (χ0v) is 13.7. The summed E-state index contributed by atoms with van der Waals surface area (Å²) in [7, 11) is -0.915. The molecule has 0 spiro atoms. The minimum atomic E-state index is -0.915. The van der Waals surface area contributed by atoms with Crippen molar-refractivity contribution in [2.45, 2.75) is 45.5 Å². The number of rotatable bonds is 3. The van der Waals surface area contributed by atoms with Crippen LogP contribution in [0.15, 0.2) is 18.2 Å². The molecule has 19 heavy (non-hydrogen) atoms. The summed E-state index contributed by atoms with van der Waals surface area (Å²) in [6.45, 7) is 6.60. The maximum Gasteiger partial charge on any atom is 0.123 e. The van der Waals surface area contributed by atoms with E-state index in [1.54, 1.807) is 0 Å². The summed E-state index contributed by atoms with van der Waals surface area (Å²) in [6.07, 6.45) is 2.12. The van der Waals surface area contributed by atoms with Crippen LogP contribution in [0.3, 0.4) is 0 Å². The van der Waals surface area contributed by atoms with Gasteiger partial charge in [-0.15, -0.1) is 0 Å². The fourth-order valence-electron chi connectivity index (χ4n) is 2.07. The first kappa shape index (κ1) is 16.7. The summed E-state index contributed by atoms with van der Waals surface area (Å²) >= 11 is 4.23. The van der Waals surface area contributed by atoms with Crippen LogP contribution in [0.5, 0.6) is 0 Å². The minimum absolute atomic E-state index is 0.0726. The van der Waals surface area contributed by atoms with Crippen LogP contribution >= 0.6 is 12.6 Å². The Kier molecular flexibility index (Phi) is 7.73. The van der Waals surface area contributed by atoms with Crippen LogP contribution in [-0.4, -0.2) is 15.9 Å². The molecule has 0 saturated carbocycles. The van der Waals surface area contributed by atoms with Crippen LogP contribution in [0.25, 0.3) is 0 Å². The first-order valence-corrected chi connectivity index (χ1v) is 8.91. The molecular weight excluding hydrogens is 276 g/mol. The van der Waals surface area contributed by atoms with Crippen molar-refractivity contribution in [3.05, 3.63) is 34.9 Å². The van der Waals surface area contributed by atoms with E-state index in [0.29, 0.717) is 12.5 Å². The Balaban J connectivity index is 0.000000861. The van der Waals surface area contributed by atoms with Crippen molar-refractivity contribution in [2.24, 2.45) is 0 Å². The lowest BCUT2D eigenvalue weighted by Gasteiger charge is -2.12. The van der Waals surface area contributed by atoms with Gasteiger partial charge >= 0.3 is 0 Å². The van der Waals surface area contributed by atoms with Gasteiger partial charge in [-0.05, 0) is 42.2 Å². The number of thiol groups is 1. The van der Waals surface area contributed by atoms with E-state index in [-0.39, 0.29) is 5.25 Å². The average molecular weight is 300 g/mol. The topological polar surface area (TPSA) is 26.3 Å². The summed E-state index contributed by atoms with van der Waals surface area (Å²) in [5.74, 6) is 1.25. The number of fused-ring (bicyclic) bond motifs is 1. The summed E-state index contributed by atoms with van der Waals surface area (Å²) < 4.78 is 17.3. The van der Waals surface area contributed by atoms with Gasteiger partial charge in [-0.25, -0.2) is 0 Å². The maximum absolute atomic E-state index is 11.9. The first-order chi connectivity index (χ1) is 9.22. The molecule has 0 aromatic heterocycles. The van der Waals surface area contributed by atoms with Gasteiger partial charge in [-0.1, -0.05) is 32.0 Å². The van der Waals surface area contributed by atoms with E-state index in [1.807, 2.05) is 20.8 Å². The molecule has 1 aromatic rings. The van der Waals surface area contributed by atoms with Crippen LogP contribution < -0.4 is 0 Å². The normalized spacial score (nSPS) is 21.9. The third-order valence-corrected chi connectivity index (χ3v) is 4.88. The monoisotopic (exact) mass is 300 g/mol. The van der Waals surface area contributed by atoms with Crippen LogP contribution in [-0.2, 0) is 28.6 Å². The molecule has 2 atom stereocenters. The molecule has 108 valence electrons. The van der Waals surface area contributed by atoms with Crippen molar-refractivity contribution in [1.29, 1.82) is 0 Å². The average Bonchev–Trinajstić information content (AvgIpc) is 2.59. The lowest BCUT2D eigenvalue weighted by Crippen LogP contribution is -2.05. The summed E-state index contributed by atoms with van der Waals surface area (Å²) in [4.78, 5) is 0. The number of hydrogen-bond acceptors (Lipinski definition) is 3. The van der Waals surface area contributed by atoms with Gasteiger partial charge in [0.2, 0.25) is 0 Å². The molecule has 1 aliphatic rings. The molecule has 1 aromatic carbocycles. The molecule has 0 fully saturated rings. The predicted molar refractivity (Wildman–Crippen MR) is 86.2 cm³/mol. The van der Waals surface area contributed by atoms with Crippen molar-refractivity contribution in [3.8, 4) is 0 Å². The van der Waals surface area contributed by atoms with Gasteiger partial charge in [0.15, 0.2) is 0 Å². The van der Waals surface area contributed by atoms with Gasteiger partial charge in [0.25, 0.3) is 0 Å². The van der Waals surface area contributed by atoms with Crippen LogP contribution in [0, 0.1) is 0 Å². The molecule has 4 heteroatoms. The Morgan fingerprint density at radius 1 is 1.42 bits per heavy atom. The second-order valence-corrected chi connectivity index (χ2v) is 6.50. The van der Waals surface area contributed by atoms with Crippen molar-refractivity contribution < 1.29 is 8.95 Å². The SMILES string of the molecule is CC.CC1c2cc(CCCS)ccc2COCS1=O. The molecule has 2 unspecified atom stereocenters. The second-order valence-electron chi connectivity index (χ2n) is 4.35. The minimum Gasteiger partial charge on any atom is -0.364 e. The molecule has 0 saturated heterocycles. The molecule has 1 heterocycles. The highest BCUT2D eigenvalue weighted by Gasteiger charge is 2.21. The van der Waals surface area contributed by atoms with Crippen molar-refractivity contribution in [1.82, 2.24) is 0 Å². The number of benzene rings is 1. The molecule has 0 N–H and O–H groups in total. The smallest absolute Gasteiger partial charge is 0.123 e. The van der Waals surface area contributed by atoms with E-state index in [1.165, 1.54) is 16.7 Å². The molecule has 2 nitrogen and oxygen atoms in total. The molecule has 2 rings (SSSR count). The van der Waals surface area contributed by atoms with Gasteiger partial charge in [0, 0.05) is 0 Å². The summed E-state index contributed by atoms with van der Waals surface area (Å²) in [6, 6.07) is 6.45. The highest BCUT2D eigenvalue weighted by Crippen LogP contribution is 2.28. The van der Waals surface area contributed by atoms with Gasteiger partial charge in [0.1, 0.15) is 5.94 Å².